The zero-order chi connectivity index (χ0) is 13.0. The standard InChI is InChI=1S/C13H23ClN4.ClH/c1-15-6-3-11-4-7-18(8-5-11)10-13-12(14)9-16-17(13)2;/h9,11,15H,3-8,10H2,1-2H3;1H. The molecule has 4 nitrogen and oxygen atoms in total. The quantitative estimate of drug-likeness (QED) is 0.906. The van der Waals surface area contributed by atoms with E-state index in [9.17, 15) is 0 Å². The number of aromatic nitrogens is 2. The van der Waals surface area contributed by atoms with Crippen LogP contribution in [0.3, 0.4) is 0 Å². The van der Waals surface area contributed by atoms with E-state index in [1.165, 1.54) is 32.4 Å². The Morgan fingerprint density at radius 1 is 1.42 bits per heavy atom. The van der Waals surface area contributed by atoms with Crippen LogP contribution in [0.1, 0.15) is 25.0 Å². The van der Waals surface area contributed by atoms with Crippen LogP contribution >= 0.6 is 24.0 Å². The third-order valence-electron chi connectivity index (χ3n) is 3.89. The fraction of sp³-hybridized carbons (Fsp3) is 0.769. The summed E-state index contributed by atoms with van der Waals surface area (Å²) in [6, 6.07) is 0. The number of hydrogen-bond donors (Lipinski definition) is 1. The molecule has 0 spiro atoms. The van der Waals surface area contributed by atoms with Gasteiger partial charge in [0.1, 0.15) is 0 Å². The van der Waals surface area contributed by atoms with Gasteiger partial charge in [0.05, 0.1) is 16.9 Å². The van der Waals surface area contributed by atoms with Crippen molar-refractivity contribution in [2.45, 2.75) is 25.8 Å². The zero-order valence-corrected chi connectivity index (χ0v) is 13.3. The lowest BCUT2D eigenvalue weighted by Gasteiger charge is -2.31. The minimum atomic E-state index is 0. The van der Waals surface area contributed by atoms with Crippen molar-refractivity contribution in [1.29, 1.82) is 0 Å². The van der Waals surface area contributed by atoms with Crippen LogP contribution in [0.4, 0.5) is 0 Å². The molecule has 0 amide bonds. The first kappa shape index (κ1) is 16.8. The SMILES string of the molecule is CNCCC1CCN(Cc2c(Cl)cnn2C)CC1.Cl. The number of nitrogens with one attached hydrogen (secondary N) is 1. The number of rotatable bonds is 5. The van der Waals surface area contributed by atoms with Crippen molar-refractivity contribution in [2.24, 2.45) is 13.0 Å². The van der Waals surface area contributed by atoms with Gasteiger partial charge in [0.25, 0.3) is 0 Å². The van der Waals surface area contributed by atoms with Crippen molar-refractivity contribution in [1.82, 2.24) is 20.0 Å². The summed E-state index contributed by atoms with van der Waals surface area (Å²) in [5.74, 6) is 0.885. The normalized spacial score (nSPS) is 17.4. The lowest BCUT2D eigenvalue weighted by molar-refractivity contribution is 0.169. The molecule has 0 radical (unpaired) electrons. The van der Waals surface area contributed by atoms with Crippen LogP contribution in [0.5, 0.6) is 0 Å². The van der Waals surface area contributed by atoms with Crippen molar-refractivity contribution >= 4 is 24.0 Å². The summed E-state index contributed by atoms with van der Waals surface area (Å²) in [6.45, 7) is 4.41. The van der Waals surface area contributed by atoms with E-state index in [4.69, 9.17) is 11.6 Å². The van der Waals surface area contributed by atoms with Crippen LogP contribution in [-0.2, 0) is 13.6 Å². The molecule has 19 heavy (non-hydrogen) atoms. The van der Waals surface area contributed by atoms with Gasteiger partial charge in [0, 0.05) is 13.6 Å². The molecule has 1 aromatic rings. The predicted molar refractivity (Wildman–Crippen MR) is 82.0 cm³/mol. The Morgan fingerprint density at radius 3 is 2.63 bits per heavy atom. The molecular weight excluding hydrogens is 283 g/mol. The molecule has 1 aromatic heterocycles. The van der Waals surface area contributed by atoms with Crippen molar-refractivity contribution in [3.8, 4) is 0 Å². The van der Waals surface area contributed by atoms with E-state index in [2.05, 4.69) is 15.3 Å². The molecule has 1 aliphatic rings. The van der Waals surface area contributed by atoms with Crippen molar-refractivity contribution in [2.75, 3.05) is 26.7 Å². The molecule has 1 fully saturated rings. The van der Waals surface area contributed by atoms with Gasteiger partial charge >= 0.3 is 0 Å². The highest BCUT2D eigenvalue weighted by Gasteiger charge is 2.20. The molecule has 2 heterocycles. The van der Waals surface area contributed by atoms with Gasteiger partial charge < -0.3 is 5.32 Å². The molecule has 0 unspecified atom stereocenters. The minimum Gasteiger partial charge on any atom is -0.320 e. The molecule has 6 heteroatoms. The molecule has 1 saturated heterocycles. The largest absolute Gasteiger partial charge is 0.320 e. The maximum Gasteiger partial charge on any atom is 0.0831 e. The molecule has 1 aliphatic heterocycles. The smallest absolute Gasteiger partial charge is 0.0831 e. The Labute approximate surface area is 126 Å². The maximum absolute atomic E-state index is 6.14. The van der Waals surface area contributed by atoms with Crippen LogP contribution in [-0.4, -0.2) is 41.4 Å². The number of nitrogens with zero attached hydrogens (tertiary/aromatic N) is 3. The average Bonchev–Trinajstić information content (AvgIpc) is 2.70. The third kappa shape index (κ3) is 4.63. The number of hydrogen-bond acceptors (Lipinski definition) is 3. The molecule has 1 N–H and O–H groups in total. The van der Waals surface area contributed by atoms with Gasteiger partial charge in [-0.3, -0.25) is 9.58 Å². The maximum atomic E-state index is 6.14. The highest BCUT2D eigenvalue weighted by Crippen LogP contribution is 2.23. The van der Waals surface area contributed by atoms with Gasteiger partial charge in [0.2, 0.25) is 0 Å². The van der Waals surface area contributed by atoms with Crippen molar-refractivity contribution in [3.63, 3.8) is 0 Å². The molecular formula is C13H24Cl2N4. The lowest BCUT2D eigenvalue weighted by Crippen LogP contribution is -2.34. The molecule has 110 valence electrons. The van der Waals surface area contributed by atoms with Crippen molar-refractivity contribution < 1.29 is 0 Å². The van der Waals surface area contributed by atoms with Crippen LogP contribution < -0.4 is 5.32 Å². The van der Waals surface area contributed by atoms with E-state index >= 15 is 0 Å². The monoisotopic (exact) mass is 306 g/mol. The number of likely N-dealkylation sites (tertiary alicyclic amines) is 1. The van der Waals surface area contributed by atoms with Gasteiger partial charge in [0.15, 0.2) is 0 Å². The van der Waals surface area contributed by atoms with Gasteiger partial charge in [-0.15, -0.1) is 12.4 Å². The summed E-state index contributed by atoms with van der Waals surface area (Å²) < 4.78 is 1.88. The van der Waals surface area contributed by atoms with Gasteiger partial charge in [-0.2, -0.15) is 5.10 Å². The average molecular weight is 307 g/mol. The van der Waals surface area contributed by atoms with Gasteiger partial charge in [-0.1, -0.05) is 11.6 Å². The number of aryl methyl sites for hydroxylation is 1. The lowest BCUT2D eigenvalue weighted by atomic mass is 9.93. The number of halogens is 2. The Balaban J connectivity index is 0.00000180. The predicted octanol–water partition coefficient (Wildman–Crippen LogP) is 2.32. The summed E-state index contributed by atoms with van der Waals surface area (Å²) in [4.78, 5) is 2.48. The van der Waals surface area contributed by atoms with E-state index in [0.717, 1.165) is 29.7 Å². The fourth-order valence-corrected chi connectivity index (χ4v) is 2.83. The molecule has 0 aliphatic carbocycles. The molecule has 0 aromatic carbocycles. The first-order valence-corrected chi connectivity index (χ1v) is 7.12. The summed E-state index contributed by atoms with van der Waals surface area (Å²) in [5, 5.41) is 8.21. The highest BCUT2D eigenvalue weighted by molar-refractivity contribution is 6.31. The molecule has 0 bridgehead atoms. The van der Waals surface area contributed by atoms with Gasteiger partial charge in [-0.05, 0) is 51.9 Å². The summed E-state index contributed by atoms with van der Waals surface area (Å²) >= 11 is 6.14. The Hall–Kier alpha value is -0.290. The fourth-order valence-electron chi connectivity index (χ4n) is 2.61. The van der Waals surface area contributed by atoms with E-state index in [-0.39, 0.29) is 12.4 Å². The van der Waals surface area contributed by atoms with E-state index in [0.29, 0.717) is 0 Å². The highest BCUT2D eigenvalue weighted by atomic mass is 35.5. The van der Waals surface area contributed by atoms with Crippen LogP contribution in [0.15, 0.2) is 6.20 Å². The Kier molecular flexibility index (Phi) is 7.15. The second kappa shape index (κ2) is 8.10. The Morgan fingerprint density at radius 2 is 2.11 bits per heavy atom. The summed E-state index contributed by atoms with van der Waals surface area (Å²) in [5.41, 5.74) is 1.13. The number of piperidine rings is 1. The van der Waals surface area contributed by atoms with E-state index < -0.39 is 0 Å². The van der Waals surface area contributed by atoms with Crippen LogP contribution in [0, 0.1) is 5.92 Å². The zero-order valence-electron chi connectivity index (χ0n) is 11.7. The van der Waals surface area contributed by atoms with E-state index in [1.807, 2.05) is 18.8 Å². The minimum absolute atomic E-state index is 0. The van der Waals surface area contributed by atoms with Gasteiger partial charge in [-0.25, -0.2) is 0 Å². The first-order chi connectivity index (χ1) is 8.70. The molecule has 2 rings (SSSR count). The first-order valence-electron chi connectivity index (χ1n) is 6.74. The molecule has 0 atom stereocenters. The van der Waals surface area contributed by atoms with Crippen LogP contribution in [0.25, 0.3) is 0 Å². The van der Waals surface area contributed by atoms with Crippen molar-refractivity contribution in [3.05, 3.63) is 16.9 Å². The summed E-state index contributed by atoms with van der Waals surface area (Å²) in [7, 11) is 3.99. The van der Waals surface area contributed by atoms with Crippen LogP contribution in [0.2, 0.25) is 5.02 Å². The van der Waals surface area contributed by atoms with E-state index in [1.54, 1.807) is 6.20 Å². The topological polar surface area (TPSA) is 33.1 Å². The second-order valence-corrected chi connectivity index (χ2v) is 5.58. The second-order valence-electron chi connectivity index (χ2n) is 5.17. The Bertz CT molecular complexity index is 353. The summed E-state index contributed by atoms with van der Waals surface area (Å²) in [6.07, 6.45) is 5.64. The molecule has 0 saturated carbocycles. The third-order valence-corrected chi connectivity index (χ3v) is 4.21.